The standard InChI is InChI=1S/C18H27N3O3S/c1-13-10-15(11-17(14(13)2)25(23,24)19(3)4)18(22)21-9-8-20-7-5-6-16(20)12-21/h10-11,16H,5-9,12H2,1-4H3. The Morgan fingerprint density at radius 3 is 2.56 bits per heavy atom. The molecular weight excluding hydrogens is 338 g/mol. The summed E-state index contributed by atoms with van der Waals surface area (Å²) in [5, 5.41) is 0. The van der Waals surface area contributed by atoms with Gasteiger partial charge in [0.2, 0.25) is 10.0 Å². The first-order valence-electron chi connectivity index (χ1n) is 8.79. The third kappa shape index (κ3) is 3.32. The summed E-state index contributed by atoms with van der Waals surface area (Å²) in [5.74, 6) is -0.0649. The lowest BCUT2D eigenvalue weighted by atomic mass is 10.0. The summed E-state index contributed by atoms with van der Waals surface area (Å²) in [6.07, 6.45) is 2.33. The zero-order chi connectivity index (χ0) is 18.4. The molecule has 7 heteroatoms. The van der Waals surface area contributed by atoms with Gasteiger partial charge >= 0.3 is 0 Å². The molecule has 2 fully saturated rings. The van der Waals surface area contributed by atoms with Gasteiger partial charge in [0.25, 0.3) is 5.91 Å². The molecule has 2 aliphatic rings. The van der Waals surface area contributed by atoms with Gasteiger partial charge in [0.15, 0.2) is 0 Å². The normalized spacial score (nSPS) is 21.6. The van der Waals surface area contributed by atoms with Crippen molar-refractivity contribution in [3.05, 3.63) is 28.8 Å². The van der Waals surface area contributed by atoms with Gasteiger partial charge in [0, 0.05) is 45.3 Å². The molecule has 25 heavy (non-hydrogen) atoms. The summed E-state index contributed by atoms with van der Waals surface area (Å²) in [5.41, 5.74) is 1.99. The van der Waals surface area contributed by atoms with Crippen LogP contribution in [0.4, 0.5) is 0 Å². The fourth-order valence-electron chi connectivity index (χ4n) is 3.77. The van der Waals surface area contributed by atoms with Gasteiger partial charge in [-0.05, 0) is 56.5 Å². The summed E-state index contributed by atoms with van der Waals surface area (Å²) in [6.45, 7) is 7.12. The number of sulfonamides is 1. The maximum absolute atomic E-state index is 13.0. The van der Waals surface area contributed by atoms with Gasteiger partial charge in [-0.1, -0.05) is 0 Å². The van der Waals surface area contributed by atoms with E-state index in [-0.39, 0.29) is 10.8 Å². The molecule has 1 aromatic rings. The van der Waals surface area contributed by atoms with E-state index in [1.54, 1.807) is 13.0 Å². The fraction of sp³-hybridized carbons (Fsp3) is 0.611. The van der Waals surface area contributed by atoms with Crippen LogP contribution in [-0.2, 0) is 10.0 Å². The Kier molecular flexibility index (Phi) is 4.92. The highest BCUT2D eigenvalue weighted by Gasteiger charge is 2.33. The number of nitrogens with zero attached hydrogens (tertiary/aromatic N) is 3. The SMILES string of the molecule is Cc1cc(C(=O)N2CCN3CCCC3C2)cc(S(=O)(=O)N(C)C)c1C. The third-order valence-corrected chi connectivity index (χ3v) is 7.44. The molecule has 0 bridgehead atoms. The van der Waals surface area contributed by atoms with E-state index in [2.05, 4.69) is 4.90 Å². The summed E-state index contributed by atoms with van der Waals surface area (Å²) in [7, 11) is -0.553. The molecule has 2 saturated heterocycles. The van der Waals surface area contributed by atoms with Crippen molar-refractivity contribution in [3.8, 4) is 0 Å². The number of carbonyl (C=O) groups excluding carboxylic acids is 1. The second-order valence-electron chi connectivity index (χ2n) is 7.29. The largest absolute Gasteiger partial charge is 0.336 e. The Balaban J connectivity index is 1.92. The number of amides is 1. The van der Waals surface area contributed by atoms with Crippen LogP contribution in [0.2, 0.25) is 0 Å². The predicted molar refractivity (Wildman–Crippen MR) is 97.3 cm³/mol. The Morgan fingerprint density at radius 2 is 1.88 bits per heavy atom. The molecule has 138 valence electrons. The van der Waals surface area contributed by atoms with E-state index in [4.69, 9.17) is 0 Å². The van der Waals surface area contributed by atoms with E-state index < -0.39 is 10.0 Å². The Bertz CT molecular complexity index is 789. The van der Waals surface area contributed by atoms with Gasteiger partial charge in [-0.25, -0.2) is 12.7 Å². The Labute approximate surface area is 150 Å². The van der Waals surface area contributed by atoms with E-state index in [9.17, 15) is 13.2 Å². The van der Waals surface area contributed by atoms with Gasteiger partial charge < -0.3 is 4.90 Å². The molecule has 0 N–H and O–H groups in total. The van der Waals surface area contributed by atoms with Gasteiger partial charge in [-0.3, -0.25) is 9.69 Å². The van der Waals surface area contributed by atoms with Crippen molar-refractivity contribution < 1.29 is 13.2 Å². The third-order valence-electron chi connectivity index (χ3n) is 5.50. The van der Waals surface area contributed by atoms with Crippen LogP contribution in [0.25, 0.3) is 0 Å². The molecule has 2 heterocycles. The van der Waals surface area contributed by atoms with Crippen LogP contribution < -0.4 is 0 Å². The first kappa shape index (κ1) is 18.4. The van der Waals surface area contributed by atoms with Gasteiger partial charge in [-0.15, -0.1) is 0 Å². The van der Waals surface area contributed by atoms with Crippen molar-refractivity contribution in [2.75, 3.05) is 40.3 Å². The van der Waals surface area contributed by atoms with Gasteiger partial charge in [0.1, 0.15) is 0 Å². The van der Waals surface area contributed by atoms with E-state index in [1.165, 1.54) is 24.8 Å². The van der Waals surface area contributed by atoms with Crippen LogP contribution in [0, 0.1) is 13.8 Å². The highest BCUT2D eigenvalue weighted by Crippen LogP contribution is 2.26. The van der Waals surface area contributed by atoms with Gasteiger partial charge in [0.05, 0.1) is 4.90 Å². The molecule has 0 aliphatic carbocycles. The first-order chi connectivity index (χ1) is 11.7. The minimum absolute atomic E-state index is 0.0649. The van der Waals surface area contributed by atoms with Gasteiger partial charge in [-0.2, -0.15) is 0 Å². The Morgan fingerprint density at radius 1 is 1.16 bits per heavy atom. The van der Waals surface area contributed by atoms with Crippen molar-refractivity contribution in [2.24, 2.45) is 0 Å². The van der Waals surface area contributed by atoms with Crippen LogP contribution in [0.3, 0.4) is 0 Å². The zero-order valence-electron chi connectivity index (χ0n) is 15.4. The number of hydrogen-bond donors (Lipinski definition) is 0. The quantitative estimate of drug-likeness (QED) is 0.814. The average Bonchev–Trinajstić information content (AvgIpc) is 3.03. The molecule has 1 amide bonds. The zero-order valence-corrected chi connectivity index (χ0v) is 16.3. The molecule has 3 rings (SSSR count). The van der Waals surface area contributed by atoms with Crippen molar-refractivity contribution in [1.29, 1.82) is 0 Å². The van der Waals surface area contributed by atoms with E-state index in [0.29, 0.717) is 23.7 Å². The molecule has 1 unspecified atom stereocenters. The number of hydrogen-bond acceptors (Lipinski definition) is 4. The lowest BCUT2D eigenvalue weighted by Crippen LogP contribution is -2.52. The summed E-state index contributed by atoms with van der Waals surface area (Å²) in [4.78, 5) is 17.6. The molecule has 2 aliphatic heterocycles. The topological polar surface area (TPSA) is 60.9 Å². The second-order valence-corrected chi connectivity index (χ2v) is 9.41. The lowest BCUT2D eigenvalue weighted by molar-refractivity contribution is 0.0571. The minimum atomic E-state index is -3.58. The summed E-state index contributed by atoms with van der Waals surface area (Å²) in [6, 6.07) is 3.81. The maximum atomic E-state index is 13.0. The predicted octanol–water partition coefficient (Wildman–Crippen LogP) is 1.47. The first-order valence-corrected chi connectivity index (χ1v) is 10.2. The number of benzene rings is 1. The van der Waals surface area contributed by atoms with Crippen molar-refractivity contribution in [2.45, 2.75) is 37.6 Å². The monoisotopic (exact) mass is 365 g/mol. The number of rotatable bonds is 3. The van der Waals surface area contributed by atoms with Crippen molar-refractivity contribution in [3.63, 3.8) is 0 Å². The number of piperazine rings is 1. The van der Waals surface area contributed by atoms with E-state index in [1.807, 2.05) is 17.9 Å². The molecular formula is C18H27N3O3S. The van der Waals surface area contributed by atoms with Crippen LogP contribution >= 0.6 is 0 Å². The number of aryl methyl sites for hydroxylation is 1. The van der Waals surface area contributed by atoms with Crippen molar-refractivity contribution in [1.82, 2.24) is 14.1 Å². The maximum Gasteiger partial charge on any atom is 0.254 e. The van der Waals surface area contributed by atoms with Crippen LogP contribution in [0.1, 0.15) is 34.3 Å². The van der Waals surface area contributed by atoms with Crippen LogP contribution in [0.15, 0.2) is 17.0 Å². The number of carbonyl (C=O) groups is 1. The summed E-state index contributed by atoms with van der Waals surface area (Å²) >= 11 is 0. The molecule has 1 atom stereocenters. The highest BCUT2D eigenvalue weighted by molar-refractivity contribution is 7.89. The molecule has 0 spiro atoms. The summed E-state index contributed by atoms with van der Waals surface area (Å²) < 4.78 is 26.4. The fourth-order valence-corrected chi connectivity index (χ4v) is 4.99. The average molecular weight is 365 g/mol. The van der Waals surface area contributed by atoms with Crippen molar-refractivity contribution >= 4 is 15.9 Å². The van der Waals surface area contributed by atoms with Crippen LogP contribution in [-0.4, -0.2) is 74.7 Å². The Hall–Kier alpha value is -1.44. The number of fused-ring (bicyclic) bond motifs is 1. The molecule has 1 aromatic carbocycles. The molecule has 0 saturated carbocycles. The van der Waals surface area contributed by atoms with Crippen LogP contribution in [0.5, 0.6) is 0 Å². The van der Waals surface area contributed by atoms with E-state index in [0.717, 1.165) is 31.6 Å². The smallest absolute Gasteiger partial charge is 0.254 e. The molecule has 0 radical (unpaired) electrons. The lowest BCUT2D eigenvalue weighted by Gasteiger charge is -2.37. The minimum Gasteiger partial charge on any atom is -0.336 e. The highest BCUT2D eigenvalue weighted by atomic mass is 32.2. The second kappa shape index (κ2) is 6.70. The van der Waals surface area contributed by atoms with E-state index >= 15 is 0 Å². The molecule has 0 aromatic heterocycles. The molecule has 6 nitrogen and oxygen atoms in total.